The first-order chi connectivity index (χ1) is 10.9. The van der Waals surface area contributed by atoms with Gasteiger partial charge in [0.05, 0.1) is 18.5 Å². The monoisotopic (exact) mass is 330 g/mol. The summed E-state index contributed by atoms with van der Waals surface area (Å²) in [5, 5.41) is 12.1. The number of aliphatic hydroxyl groups is 1. The van der Waals surface area contributed by atoms with E-state index in [9.17, 15) is 5.11 Å². The largest absolute Gasteiger partial charge is 0.387 e. The molecule has 1 unspecified atom stereocenters. The van der Waals surface area contributed by atoms with Crippen molar-refractivity contribution in [2.45, 2.75) is 45.3 Å². The summed E-state index contributed by atoms with van der Waals surface area (Å²) in [6.07, 6.45) is 10.3. The first-order valence-electron chi connectivity index (χ1n) is 8.01. The summed E-state index contributed by atoms with van der Waals surface area (Å²) in [7, 11) is 0. The van der Waals surface area contributed by atoms with Crippen molar-refractivity contribution >= 4 is 17.7 Å². The molecular formula is C19H23ClN2O. The van der Waals surface area contributed by atoms with E-state index in [-0.39, 0.29) is 5.41 Å². The van der Waals surface area contributed by atoms with Gasteiger partial charge in [0.1, 0.15) is 0 Å². The first kappa shape index (κ1) is 16.3. The van der Waals surface area contributed by atoms with Crippen molar-refractivity contribution in [2.75, 3.05) is 0 Å². The van der Waals surface area contributed by atoms with Crippen LogP contribution in [0.3, 0.4) is 0 Å². The molecular weight excluding hydrogens is 308 g/mol. The van der Waals surface area contributed by atoms with Crippen LogP contribution in [-0.4, -0.2) is 20.3 Å². The van der Waals surface area contributed by atoms with E-state index in [4.69, 9.17) is 11.6 Å². The number of hydrogen-bond acceptors (Lipinski definition) is 2. The van der Waals surface area contributed by atoms with Gasteiger partial charge in [-0.25, -0.2) is 4.98 Å². The van der Waals surface area contributed by atoms with E-state index < -0.39 is 5.60 Å². The molecule has 1 aromatic carbocycles. The highest BCUT2D eigenvalue weighted by atomic mass is 35.5. The van der Waals surface area contributed by atoms with E-state index in [1.807, 2.05) is 35.0 Å². The Kier molecular flexibility index (Phi) is 4.35. The summed E-state index contributed by atoms with van der Waals surface area (Å²) >= 11 is 5.95. The van der Waals surface area contributed by atoms with Gasteiger partial charge in [0.25, 0.3) is 0 Å². The molecule has 1 saturated carbocycles. The highest BCUT2D eigenvalue weighted by Gasteiger charge is 2.46. The van der Waals surface area contributed by atoms with Crippen molar-refractivity contribution in [1.29, 1.82) is 0 Å². The van der Waals surface area contributed by atoms with Gasteiger partial charge in [0.15, 0.2) is 0 Å². The van der Waals surface area contributed by atoms with E-state index in [0.29, 0.717) is 13.0 Å². The molecule has 1 aliphatic rings. The Labute approximate surface area is 142 Å². The van der Waals surface area contributed by atoms with Crippen LogP contribution in [0.1, 0.15) is 38.7 Å². The third kappa shape index (κ3) is 3.51. The third-order valence-electron chi connectivity index (χ3n) is 5.09. The Morgan fingerprint density at radius 2 is 2.04 bits per heavy atom. The molecule has 1 atom stereocenters. The fourth-order valence-corrected chi connectivity index (χ4v) is 3.41. The highest BCUT2D eigenvalue weighted by molar-refractivity contribution is 6.30. The number of hydrogen-bond donors (Lipinski definition) is 1. The van der Waals surface area contributed by atoms with E-state index in [1.165, 1.54) is 5.57 Å². The maximum atomic E-state index is 11.4. The molecule has 3 nitrogen and oxygen atoms in total. The molecule has 0 amide bonds. The molecule has 0 bridgehead atoms. The molecule has 23 heavy (non-hydrogen) atoms. The molecule has 1 aromatic heterocycles. The summed E-state index contributed by atoms with van der Waals surface area (Å²) < 4.78 is 1.97. The Morgan fingerprint density at radius 1 is 1.30 bits per heavy atom. The Balaban J connectivity index is 1.84. The zero-order valence-corrected chi connectivity index (χ0v) is 14.4. The molecule has 3 rings (SSSR count). The molecule has 1 heterocycles. The number of rotatable bonds is 3. The Hall–Kier alpha value is -1.58. The summed E-state index contributed by atoms with van der Waals surface area (Å²) in [5.41, 5.74) is 1.52. The fourth-order valence-electron chi connectivity index (χ4n) is 3.28. The summed E-state index contributed by atoms with van der Waals surface area (Å²) in [5.74, 6) is 0. The lowest BCUT2D eigenvalue weighted by atomic mass is 9.63. The highest BCUT2D eigenvalue weighted by Crippen LogP contribution is 2.47. The first-order valence-corrected chi connectivity index (χ1v) is 8.39. The van der Waals surface area contributed by atoms with Crippen molar-refractivity contribution in [3.63, 3.8) is 0 Å². The zero-order chi connectivity index (χ0) is 16.5. The Morgan fingerprint density at radius 3 is 2.70 bits per heavy atom. The van der Waals surface area contributed by atoms with Gasteiger partial charge >= 0.3 is 0 Å². The Bertz CT molecular complexity index is 689. The predicted octanol–water partition coefficient (Wildman–Crippen LogP) is 4.56. The average Bonchev–Trinajstić information content (AvgIpc) is 2.98. The van der Waals surface area contributed by atoms with Gasteiger partial charge in [0.2, 0.25) is 0 Å². The maximum absolute atomic E-state index is 11.4. The van der Waals surface area contributed by atoms with Crippen molar-refractivity contribution in [1.82, 2.24) is 9.55 Å². The lowest BCUT2D eigenvalue weighted by Crippen LogP contribution is -2.50. The molecule has 0 saturated heterocycles. The quantitative estimate of drug-likeness (QED) is 0.895. The number of halogens is 1. The molecule has 122 valence electrons. The van der Waals surface area contributed by atoms with Crippen LogP contribution < -0.4 is 0 Å². The van der Waals surface area contributed by atoms with Crippen LogP contribution in [0.2, 0.25) is 5.02 Å². The van der Waals surface area contributed by atoms with Crippen LogP contribution in [0.4, 0.5) is 0 Å². The van der Waals surface area contributed by atoms with Gasteiger partial charge in [0, 0.05) is 17.4 Å². The number of benzene rings is 1. The topological polar surface area (TPSA) is 38.0 Å². The number of imidazole rings is 1. The van der Waals surface area contributed by atoms with Crippen LogP contribution in [0.15, 0.2) is 48.6 Å². The van der Waals surface area contributed by atoms with Crippen molar-refractivity contribution in [3.8, 4) is 0 Å². The van der Waals surface area contributed by atoms with Gasteiger partial charge in [-0.3, -0.25) is 0 Å². The van der Waals surface area contributed by atoms with Gasteiger partial charge in [-0.1, -0.05) is 49.2 Å². The molecule has 2 aromatic rings. The average molecular weight is 331 g/mol. The van der Waals surface area contributed by atoms with E-state index in [2.05, 4.69) is 24.9 Å². The van der Waals surface area contributed by atoms with Crippen LogP contribution >= 0.6 is 11.6 Å². The number of nitrogens with zero attached hydrogens (tertiary/aromatic N) is 2. The smallest absolute Gasteiger partial charge is 0.0946 e. The third-order valence-corrected chi connectivity index (χ3v) is 5.35. The second-order valence-electron chi connectivity index (χ2n) is 7.18. The van der Waals surface area contributed by atoms with E-state index in [1.54, 1.807) is 12.5 Å². The van der Waals surface area contributed by atoms with Gasteiger partial charge < -0.3 is 9.67 Å². The van der Waals surface area contributed by atoms with Crippen LogP contribution in [0.25, 0.3) is 6.08 Å². The maximum Gasteiger partial charge on any atom is 0.0946 e. The minimum absolute atomic E-state index is 0.130. The van der Waals surface area contributed by atoms with Crippen LogP contribution in [0, 0.1) is 5.41 Å². The molecule has 1 aliphatic carbocycles. The summed E-state index contributed by atoms with van der Waals surface area (Å²) in [6.45, 7) is 4.88. The molecule has 1 fully saturated rings. The van der Waals surface area contributed by atoms with Gasteiger partial charge in [-0.05, 0) is 42.4 Å². The summed E-state index contributed by atoms with van der Waals surface area (Å²) in [4.78, 5) is 4.09. The molecule has 4 heteroatoms. The number of aromatic nitrogens is 2. The standard InChI is InChI=1S/C19H23ClN2O/c1-18(2)8-7-16(11-15-3-5-17(20)6-4-15)12-19(18,23)13-22-10-9-21-14-22/h3-6,9-11,14,23H,7-8,12-13H2,1-2H3/b16-11+. The van der Waals surface area contributed by atoms with Crippen molar-refractivity contribution in [3.05, 3.63) is 59.1 Å². The minimum atomic E-state index is -0.774. The van der Waals surface area contributed by atoms with Crippen LogP contribution in [-0.2, 0) is 6.54 Å². The second-order valence-corrected chi connectivity index (χ2v) is 7.62. The SMILES string of the molecule is CC1(C)CC/C(=C\c2ccc(Cl)cc2)CC1(O)Cn1ccnc1. The van der Waals surface area contributed by atoms with Crippen molar-refractivity contribution in [2.24, 2.45) is 5.41 Å². The lowest BCUT2D eigenvalue weighted by Gasteiger charge is -2.47. The second kappa shape index (κ2) is 6.14. The van der Waals surface area contributed by atoms with E-state index >= 15 is 0 Å². The normalized spacial score (nSPS) is 25.7. The predicted molar refractivity (Wildman–Crippen MR) is 94.2 cm³/mol. The minimum Gasteiger partial charge on any atom is -0.387 e. The zero-order valence-electron chi connectivity index (χ0n) is 13.7. The van der Waals surface area contributed by atoms with Crippen LogP contribution in [0.5, 0.6) is 0 Å². The molecule has 0 radical (unpaired) electrons. The molecule has 0 spiro atoms. The van der Waals surface area contributed by atoms with Gasteiger partial charge in [-0.15, -0.1) is 0 Å². The molecule has 0 aliphatic heterocycles. The summed E-state index contributed by atoms with van der Waals surface area (Å²) in [6, 6.07) is 7.84. The lowest BCUT2D eigenvalue weighted by molar-refractivity contribution is -0.0943. The van der Waals surface area contributed by atoms with E-state index in [0.717, 1.165) is 23.4 Å². The van der Waals surface area contributed by atoms with Gasteiger partial charge in [-0.2, -0.15) is 0 Å². The molecule has 1 N–H and O–H groups in total. The van der Waals surface area contributed by atoms with Crippen molar-refractivity contribution < 1.29 is 5.11 Å². The fraction of sp³-hybridized carbons (Fsp3) is 0.421.